The first-order valence-corrected chi connectivity index (χ1v) is 7.81. The second-order valence-electron chi connectivity index (χ2n) is 5.74. The molecule has 0 fully saturated rings. The zero-order chi connectivity index (χ0) is 17.5. The first-order valence-electron chi connectivity index (χ1n) is 7.81. The van der Waals surface area contributed by atoms with Crippen LogP contribution in [0.1, 0.15) is 23.6 Å². The van der Waals surface area contributed by atoms with Crippen molar-refractivity contribution >= 4 is 17.7 Å². The van der Waals surface area contributed by atoms with Gasteiger partial charge in [0.25, 0.3) is 0 Å². The van der Waals surface area contributed by atoms with Crippen molar-refractivity contribution in [3.8, 4) is 0 Å². The Balaban J connectivity index is 1.84. The molecule has 0 aliphatic heterocycles. The average Bonchev–Trinajstić information content (AvgIpc) is 2.57. The molecular formula is C19H22N2O3. The highest BCUT2D eigenvalue weighted by Crippen LogP contribution is 2.16. The number of alkyl carbamates (subject to hydrolysis) is 1. The summed E-state index contributed by atoms with van der Waals surface area (Å²) >= 11 is 0. The van der Waals surface area contributed by atoms with E-state index in [2.05, 4.69) is 10.6 Å². The lowest BCUT2D eigenvalue weighted by Gasteiger charge is -2.15. The van der Waals surface area contributed by atoms with E-state index in [1.165, 1.54) is 0 Å². The zero-order valence-electron chi connectivity index (χ0n) is 14.1. The third-order valence-corrected chi connectivity index (χ3v) is 3.59. The summed E-state index contributed by atoms with van der Waals surface area (Å²) < 4.78 is 5.11. The van der Waals surface area contributed by atoms with Gasteiger partial charge in [-0.3, -0.25) is 4.79 Å². The number of carbonyl (C=O) groups excluding carboxylic acids is 2. The summed E-state index contributed by atoms with van der Waals surface area (Å²) in [5.74, 6) is -0.291. The summed E-state index contributed by atoms with van der Waals surface area (Å²) in [7, 11) is 0. The van der Waals surface area contributed by atoms with Crippen LogP contribution in [0.2, 0.25) is 0 Å². The summed E-state index contributed by atoms with van der Waals surface area (Å²) in [6, 6.07) is 14.5. The van der Waals surface area contributed by atoms with Crippen molar-refractivity contribution < 1.29 is 14.3 Å². The maximum Gasteiger partial charge on any atom is 0.408 e. The van der Waals surface area contributed by atoms with E-state index in [1.807, 2.05) is 62.4 Å². The lowest BCUT2D eigenvalue weighted by Crippen LogP contribution is -2.41. The van der Waals surface area contributed by atoms with Crippen molar-refractivity contribution in [2.75, 3.05) is 5.32 Å². The average molecular weight is 326 g/mol. The van der Waals surface area contributed by atoms with Crippen LogP contribution < -0.4 is 10.6 Å². The standard InChI is InChI=1S/C19H22N2O3/c1-13-9-10-14(2)17(11-13)21-18(22)15(3)20-19(23)24-12-16-7-5-4-6-8-16/h4-11,15H,12H2,1-3H3,(H,20,23)(H,21,22). The molecular weight excluding hydrogens is 304 g/mol. The Hall–Kier alpha value is -2.82. The molecule has 1 unspecified atom stereocenters. The summed E-state index contributed by atoms with van der Waals surface area (Å²) in [5.41, 5.74) is 3.65. The van der Waals surface area contributed by atoms with E-state index in [4.69, 9.17) is 4.74 Å². The number of aryl methyl sites for hydroxylation is 2. The summed E-state index contributed by atoms with van der Waals surface area (Å²) in [4.78, 5) is 24.0. The molecule has 1 atom stereocenters. The third-order valence-electron chi connectivity index (χ3n) is 3.59. The minimum atomic E-state index is -0.701. The van der Waals surface area contributed by atoms with E-state index >= 15 is 0 Å². The Kier molecular flexibility index (Phi) is 5.95. The van der Waals surface area contributed by atoms with Gasteiger partial charge in [-0.1, -0.05) is 42.5 Å². The summed E-state index contributed by atoms with van der Waals surface area (Å²) in [6.45, 7) is 5.65. The van der Waals surface area contributed by atoms with Crippen molar-refractivity contribution in [3.63, 3.8) is 0 Å². The Morgan fingerprint density at radius 1 is 1.08 bits per heavy atom. The van der Waals surface area contributed by atoms with Gasteiger partial charge in [-0.2, -0.15) is 0 Å². The third kappa shape index (κ3) is 5.12. The van der Waals surface area contributed by atoms with Crippen LogP contribution in [0.5, 0.6) is 0 Å². The van der Waals surface area contributed by atoms with Crippen LogP contribution in [0.4, 0.5) is 10.5 Å². The molecule has 24 heavy (non-hydrogen) atoms. The van der Waals surface area contributed by atoms with Gasteiger partial charge in [-0.15, -0.1) is 0 Å². The molecule has 5 heteroatoms. The first-order chi connectivity index (χ1) is 11.5. The van der Waals surface area contributed by atoms with E-state index in [9.17, 15) is 9.59 Å². The molecule has 2 N–H and O–H groups in total. The molecule has 0 aliphatic rings. The van der Waals surface area contributed by atoms with Gasteiger partial charge in [-0.25, -0.2) is 4.79 Å². The van der Waals surface area contributed by atoms with Crippen LogP contribution in [-0.4, -0.2) is 18.0 Å². The van der Waals surface area contributed by atoms with Crippen LogP contribution in [0, 0.1) is 13.8 Å². The monoisotopic (exact) mass is 326 g/mol. The predicted molar refractivity (Wildman–Crippen MR) is 93.8 cm³/mol. The predicted octanol–water partition coefficient (Wildman–Crippen LogP) is 3.56. The number of anilines is 1. The molecule has 0 aliphatic carbocycles. The molecule has 2 aromatic rings. The molecule has 126 valence electrons. The van der Waals surface area contributed by atoms with Gasteiger partial charge in [-0.05, 0) is 43.5 Å². The van der Waals surface area contributed by atoms with Gasteiger partial charge < -0.3 is 15.4 Å². The minimum absolute atomic E-state index is 0.165. The molecule has 0 saturated heterocycles. The van der Waals surface area contributed by atoms with Crippen LogP contribution in [0.15, 0.2) is 48.5 Å². The van der Waals surface area contributed by atoms with Gasteiger partial charge >= 0.3 is 6.09 Å². The van der Waals surface area contributed by atoms with Gasteiger partial charge in [0.05, 0.1) is 0 Å². The van der Waals surface area contributed by atoms with Crippen molar-refractivity contribution in [1.82, 2.24) is 5.32 Å². The molecule has 0 bridgehead atoms. The molecule has 0 radical (unpaired) electrons. The van der Waals surface area contributed by atoms with Crippen molar-refractivity contribution in [1.29, 1.82) is 0 Å². The van der Waals surface area contributed by atoms with Crippen molar-refractivity contribution in [2.45, 2.75) is 33.4 Å². The topological polar surface area (TPSA) is 67.4 Å². The van der Waals surface area contributed by atoms with Gasteiger partial charge in [0, 0.05) is 5.69 Å². The first kappa shape index (κ1) is 17.5. The second-order valence-corrected chi connectivity index (χ2v) is 5.74. The minimum Gasteiger partial charge on any atom is -0.445 e. The number of carbonyl (C=O) groups is 2. The maximum atomic E-state index is 12.2. The lowest BCUT2D eigenvalue weighted by atomic mass is 10.1. The lowest BCUT2D eigenvalue weighted by molar-refractivity contribution is -0.117. The molecule has 2 rings (SSSR count). The Bertz CT molecular complexity index is 714. The van der Waals surface area contributed by atoms with E-state index in [1.54, 1.807) is 6.92 Å². The number of nitrogens with one attached hydrogen (secondary N) is 2. The SMILES string of the molecule is Cc1ccc(C)c(NC(=O)C(C)NC(=O)OCc2ccccc2)c1. The van der Waals surface area contributed by atoms with E-state index < -0.39 is 12.1 Å². The maximum absolute atomic E-state index is 12.2. The molecule has 0 heterocycles. The van der Waals surface area contributed by atoms with E-state index in [-0.39, 0.29) is 12.5 Å². The van der Waals surface area contributed by atoms with E-state index in [0.717, 1.165) is 22.4 Å². The number of amides is 2. The number of rotatable bonds is 5. The van der Waals surface area contributed by atoms with Gasteiger partial charge in [0.15, 0.2) is 0 Å². The fraction of sp³-hybridized carbons (Fsp3) is 0.263. The molecule has 0 spiro atoms. The number of hydrogen-bond donors (Lipinski definition) is 2. The molecule has 0 aromatic heterocycles. The second kappa shape index (κ2) is 8.15. The highest BCUT2D eigenvalue weighted by molar-refractivity contribution is 5.96. The van der Waals surface area contributed by atoms with Gasteiger partial charge in [0.1, 0.15) is 12.6 Å². The molecule has 0 saturated carbocycles. The Morgan fingerprint density at radius 2 is 1.79 bits per heavy atom. The molecule has 2 aromatic carbocycles. The highest BCUT2D eigenvalue weighted by Gasteiger charge is 2.17. The molecule has 2 amide bonds. The number of ether oxygens (including phenoxy) is 1. The van der Waals surface area contributed by atoms with Crippen molar-refractivity contribution in [2.24, 2.45) is 0 Å². The fourth-order valence-corrected chi connectivity index (χ4v) is 2.12. The van der Waals surface area contributed by atoms with Gasteiger partial charge in [0.2, 0.25) is 5.91 Å². The van der Waals surface area contributed by atoms with Crippen LogP contribution in [0.3, 0.4) is 0 Å². The fourth-order valence-electron chi connectivity index (χ4n) is 2.12. The molecule has 5 nitrogen and oxygen atoms in total. The zero-order valence-corrected chi connectivity index (χ0v) is 14.1. The highest BCUT2D eigenvalue weighted by atomic mass is 16.5. The quantitative estimate of drug-likeness (QED) is 0.883. The van der Waals surface area contributed by atoms with E-state index in [0.29, 0.717) is 0 Å². The van der Waals surface area contributed by atoms with Crippen LogP contribution >= 0.6 is 0 Å². The summed E-state index contributed by atoms with van der Waals surface area (Å²) in [5, 5.41) is 5.35. The van der Waals surface area contributed by atoms with Crippen molar-refractivity contribution in [3.05, 3.63) is 65.2 Å². The largest absolute Gasteiger partial charge is 0.445 e. The number of benzene rings is 2. The Morgan fingerprint density at radius 3 is 2.50 bits per heavy atom. The summed E-state index contributed by atoms with van der Waals surface area (Å²) in [6.07, 6.45) is -0.623. The van der Waals surface area contributed by atoms with Crippen LogP contribution in [0.25, 0.3) is 0 Å². The smallest absolute Gasteiger partial charge is 0.408 e. The normalized spacial score (nSPS) is 11.5. The van der Waals surface area contributed by atoms with Crippen LogP contribution in [-0.2, 0) is 16.1 Å². The Labute approximate surface area is 142 Å². The number of hydrogen-bond acceptors (Lipinski definition) is 3.